The molecule has 84 valence electrons. The maximum Gasteiger partial charge on any atom is 0.186 e. The van der Waals surface area contributed by atoms with E-state index in [0.717, 1.165) is 17.8 Å². The number of benzene rings is 1. The zero-order valence-electron chi connectivity index (χ0n) is 8.38. The second-order valence-corrected chi connectivity index (χ2v) is 4.02. The monoisotopic (exact) mass is 242 g/mol. The molecule has 2 nitrogen and oxygen atoms in total. The third-order valence-electron chi connectivity index (χ3n) is 1.61. The van der Waals surface area contributed by atoms with Gasteiger partial charge in [0.15, 0.2) is 16.7 Å². The Morgan fingerprint density at radius 3 is 2.69 bits per heavy atom. The highest BCUT2D eigenvalue weighted by molar-refractivity contribution is 8.13. The summed E-state index contributed by atoms with van der Waals surface area (Å²) >= 11 is 1.00. The highest BCUT2D eigenvalue weighted by Gasteiger charge is 2.06. The van der Waals surface area contributed by atoms with E-state index >= 15 is 0 Å². The van der Waals surface area contributed by atoms with Crippen molar-refractivity contribution in [2.45, 2.75) is 6.92 Å². The molecule has 0 unspecified atom stereocenters. The number of carbonyl (C=O) groups is 1. The van der Waals surface area contributed by atoms with Gasteiger partial charge in [-0.05, 0) is 6.07 Å². The smallest absolute Gasteiger partial charge is 0.186 e. The molecule has 0 spiro atoms. The lowest BCUT2D eigenvalue weighted by molar-refractivity contribution is -0.109. The normalized spacial score (nSPS) is 9.44. The highest BCUT2D eigenvalue weighted by atomic mass is 32.2. The number of aromatic hydroxyl groups is 1. The van der Waals surface area contributed by atoms with Gasteiger partial charge in [0.05, 0.1) is 11.3 Å². The molecule has 0 amide bonds. The van der Waals surface area contributed by atoms with Crippen LogP contribution in [-0.2, 0) is 4.79 Å². The summed E-state index contributed by atoms with van der Waals surface area (Å²) in [5.41, 5.74) is 0.00283. The molecule has 0 radical (unpaired) electrons. The summed E-state index contributed by atoms with van der Waals surface area (Å²) in [5, 5.41) is 9.16. The average Bonchev–Trinajstić information content (AvgIpc) is 2.19. The molecular weight excluding hydrogens is 234 g/mol. The van der Waals surface area contributed by atoms with E-state index in [9.17, 15) is 18.7 Å². The maximum absolute atomic E-state index is 12.8. The molecule has 0 bridgehead atoms. The predicted molar refractivity (Wildman–Crippen MR) is 58.0 cm³/mol. The van der Waals surface area contributed by atoms with Gasteiger partial charge in [-0.3, -0.25) is 4.79 Å². The fourth-order valence-electron chi connectivity index (χ4n) is 0.905. The van der Waals surface area contributed by atoms with Gasteiger partial charge in [-0.1, -0.05) is 23.6 Å². The van der Waals surface area contributed by atoms with E-state index < -0.39 is 17.4 Å². The molecule has 1 aromatic rings. The number of rotatable bonds is 1. The lowest BCUT2D eigenvalue weighted by Gasteiger charge is -1.97. The van der Waals surface area contributed by atoms with Crippen molar-refractivity contribution in [1.82, 2.24) is 0 Å². The quantitative estimate of drug-likeness (QED) is 0.768. The molecule has 1 aromatic carbocycles. The van der Waals surface area contributed by atoms with E-state index in [4.69, 9.17) is 0 Å². The zero-order valence-corrected chi connectivity index (χ0v) is 9.20. The Labute approximate surface area is 95.7 Å². The average molecular weight is 242 g/mol. The minimum Gasteiger partial charge on any atom is -0.507 e. The Morgan fingerprint density at radius 2 is 2.06 bits per heavy atom. The Bertz CT molecular complexity index is 475. The van der Waals surface area contributed by atoms with E-state index in [-0.39, 0.29) is 16.4 Å². The molecule has 0 atom stereocenters. The van der Waals surface area contributed by atoms with Crippen LogP contribution >= 0.6 is 11.8 Å². The summed E-state index contributed by atoms with van der Waals surface area (Å²) in [6.07, 6.45) is 0. The summed E-state index contributed by atoms with van der Waals surface area (Å²) in [7, 11) is 0. The minimum atomic E-state index is -1.12. The van der Waals surface area contributed by atoms with Gasteiger partial charge in [-0.15, -0.1) is 0 Å². The molecule has 1 N–H and O–H groups in total. The summed E-state index contributed by atoms with van der Waals surface area (Å²) < 4.78 is 25.4. The first-order valence-corrected chi connectivity index (χ1v) is 5.29. The molecule has 16 heavy (non-hydrogen) atoms. The van der Waals surface area contributed by atoms with Gasteiger partial charge in [0.2, 0.25) is 0 Å². The molecule has 0 fully saturated rings. The van der Waals surface area contributed by atoms with Crippen molar-refractivity contribution in [2.75, 3.05) is 5.75 Å². The van der Waals surface area contributed by atoms with E-state index in [1.165, 1.54) is 6.92 Å². The Balaban J connectivity index is 2.81. The van der Waals surface area contributed by atoms with E-state index in [2.05, 4.69) is 11.8 Å². The summed E-state index contributed by atoms with van der Waals surface area (Å²) in [5.74, 6) is 2.65. The van der Waals surface area contributed by atoms with Crippen LogP contribution in [0.3, 0.4) is 0 Å². The van der Waals surface area contributed by atoms with Crippen LogP contribution in [0.2, 0.25) is 0 Å². The maximum atomic E-state index is 12.8. The molecule has 0 heterocycles. The standard InChI is InChI=1S/C11H8F2O2S/c1-7(14)16-4-2-3-8-5-9(12)10(13)6-11(8)15/h5-6,15H,4H2,1H3. The van der Waals surface area contributed by atoms with Crippen molar-refractivity contribution >= 4 is 16.9 Å². The number of phenolic OH excluding ortho intramolecular Hbond substituents is 1. The molecule has 5 heteroatoms. The van der Waals surface area contributed by atoms with Gasteiger partial charge in [-0.25, -0.2) is 8.78 Å². The second kappa shape index (κ2) is 5.52. The fourth-order valence-corrected chi connectivity index (χ4v) is 1.25. The van der Waals surface area contributed by atoms with Gasteiger partial charge >= 0.3 is 0 Å². The molecule has 0 saturated heterocycles. The Morgan fingerprint density at radius 1 is 1.44 bits per heavy atom. The van der Waals surface area contributed by atoms with Crippen LogP contribution in [0.25, 0.3) is 0 Å². The molecule has 0 aliphatic heterocycles. The summed E-state index contributed by atoms with van der Waals surface area (Å²) in [4.78, 5) is 10.6. The minimum absolute atomic E-state index is 0.00283. The van der Waals surface area contributed by atoms with Crippen LogP contribution in [0.1, 0.15) is 12.5 Å². The van der Waals surface area contributed by atoms with E-state index in [1.807, 2.05) is 0 Å². The number of thioether (sulfide) groups is 1. The van der Waals surface area contributed by atoms with Crippen LogP contribution in [0.4, 0.5) is 8.78 Å². The number of carbonyl (C=O) groups excluding carboxylic acids is 1. The third kappa shape index (κ3) is 3.55. The fraction of sp³-hybridized carbons (Fsp3) is 0.182. The molecule has 0 aromatic heterocycles. The lowest BCUT2D eigenvalue weighted by Crippen LogP contribution is -1.87. The SMILES string of the molecule is CC(=O)SCC#Cc1cc(F)c(F)cc1O. The highest BCUT2D eigenvalue weighted by Crippen LogP contribution is 2.19. The first-order valence-electron chi connectivity index (χ1n) is 4.31. The molecule has 1 rings (SSSR count). The van der Waals surface area contributed by atoms with Crippen molar-refractivity contribution in [3.63, 3.8) is 0 Å². The van der Waals surface area contributed by atoms with Crippen molar-refractivity contribution in [3.05, 3.63) is 29.3 Å². The van der Waals surface area contributed by atoms with Crippen molar-refractivity contribution in [1.29, 1.82) is 0 Å². The topological polar surface area (TPSA) is 37.3 Å². The molecule has 0 aliphatic rings. The largest absolute Gasteiger partial charge is 0.507 e. The number of hydrogen-bond donors (Lipinski definition) is 1. The van der Waals surface area contributed by atoms with Crippen molar-refractivity contribution in [3.8, 4) is 17.6 Å². The summed E-state index contributed by atoms with van der Waals surface area (Å²) in [6, 6.07) is 1.48. The predicted octanol–water partition coefficient (Wildman–Crippen LogP) is 2.30. The number of hydrogen-bond acceptors (Lipinski definition) is 3. The number of halogens is 2. The summed E-state index contributed by atoms with van der Waals surface area (Å²) in [6.45, 7) is 1.40. The second-order valence-electron chi connectivity index (χ2n) is 2.87. The van der Waals surface area contributed by atoms with Gasteiger partial charge in [0, 0.05) is 13.0 Å². The van der Waals surface area contributed by atoms with Gasteiger partial charge < -0.3 is 5.11 Å². The van der Waals surface area contributed by atoms with E-state index in [1.54, 1.807) is 0 Å². The van der Waals surface area contributed by atoms with Gasteiger partial charge in [-0.2, -0.15) is 0 Å². The van der Waals surface area contributed by atoms with Gasteiger partial charge in [0.25, 0.3) is 0 Å². The Kier molecular flexibility index (Phi) is 4.32. The first kappa shape index (κ1) is 12.5. The molecular formula is C11H8F2O2S. The van der Waals surface area contributed by atoms with Crippen LogP contribution in [0.15, 0.2) is 12.1 Å². The van der Waals surface area contributed by atoms with Crippen LogP contribution < -0.4 is 0 Å². The van der Waals surface area contributed by atoms with Gasteiger partial charge in [0.1, 0.15) is 5.75 Å². The molecule has 0 aliphatic carbocycles. The number of phenols is 1. The molecule has 0 saturated carbocycles. The van der Waals surface area contributed by atoms with Crippen molar-refractivity contribution < 1.29 is 18.7 Å². The Hall–Kier alpha value is -1.54. The first-order chi connectivity index (χ1) is 7.50. The van der Waals surface area contributed by atoms with Crippen LogP contribution in [0.5, 0.6) is 5.75 Å². The van der Waals surface area contributed by atoms with Crippen molar-refractivity contribution in [2.24, 2.45) is 0 Å². The van der Waals surface area contributed by atoms with Crippen LogP contribution in [-0.4, -0.2) is 16.0 Å². The van der Waals surface area contributed by atoms with Crippen LogP contribution in [0, 0.1) is 23.5 Å². The van der Waals surface area contributed by atoms with E-state index in [0.29, 0.717) is 6.07 Å². The lowest BCUT2D eigenvalue weighted by atomic mass is 10.2. The zero-order chi connectivity index (χ0) is 12.1. The third-order valence-corrected chi connectivity index (χ3v) is 2.30.